The van der Waals surface area contributed by atoms with E-state index in [2.05, 4.69) is 0 Å². The van der Waals surface area contributed by atoms with Crippen molar-refractivity contribution in [1.29, 1.82) is 0 Å². The second-order valence-electron chi connectivity index (χ2n) is 7.28. The Labute approximate surface area is 168 Å². The molecule has 0 unspecified atom stereocenters. The maximum absolute atomic E-state index is 12.5. The van der Waals surface area contributed by atoms with Crippen LogP contribution in [0.5, 0.6) is 0 Å². The van der Waals surface area contributed by atoms with Crippen LogP contribution in [0, 0.1) is 13.8 Å². The van der Waals surface area contributed by atoms with E-state index in [-0.39, 0.29) is 34.3 Å². The zero-order chi connectivity index (χ0) is 20.7. The van der Waals surface area contributed by atoms with Crippen molar-refractivity contribution in [2.45, 2.75) is 20.3 Å². The van der Waals surface area contributed by atoms with E-state index in [9.17, 15) is 19.2 Å². The normalized spacial score (nSPS) is 18.4. The number of carbonyl (C=O) groups is 4. The zero-order valence-electron chi connectivity index (χ0n) is 16.1. The van der Waals surface area contributed by atoms with Gasteiger partial charge in [0.1, 0.15) is 0 Å². The van der Waals surface area contributed by atoms with E-state index in [1.807, 2.05) is 26.0 Å². The summed E-state index contributed by atoms with van der Waals surface area (Å²) < 4.78 is 0. The topological polar surface area (TPSA) is 68.3 Å². The smallest absolute Gasteiger partial charge is 0.197 e. The summed E-state index contributed by atoms with van der Waals surface area (Å²) >= 11 is 0. The minimum atomic E-state index is -0.278. The summed E-state index contributed by atoms with van der Waals surface area (Å²) in [5, 5.41) is 0. The molecule has 0 saturated heterocycles. The van der Waals surface area contributed by atoms with Gasteiger partial charge in [0.2, 0.25) is 0 Å². The Balaban J connectivity index is 1.50. The van der Waals surface area contributed by atoms with Gasteiger partial charge < -0.3 is 0 Å². The lowest BCUT2D eigenvalue weighted by Gasteiger charge is -1.95. The van der Waals surface area contributed by atoms with E-state index in [1.54, 1.807) is 42.5 Å². The Morgan fingerprint density at radius 2 is 1.14 bits per heavy atom. The van der Waals surface area contributed by atoms with Gasteiger partial charge in [0.15, 0.2) is 23.1 Å². The van der Waals surface area contributed by atoms with E-state index < -0.39 is 0 Å². The number of allylic oxidation sites excluding steroid dienone is 6. The quantitative estimate of drug-likeness (QED) is 0.576. The maximum Gasteiger partial charge on any atom is 0.197 e. The van der Waals surface area contributed by atoms with Gasteiger partial charge in [0.25, 0.3) is 0 Å². The molecule has 0 spiro atoms. The molecule has 142 valence electrons. The molecular formula is C25H18O4. The van der Waals surface area contributed by atoms with Gasteiger partial charge in [-0.25, -0.2) is 0 Å². The Hall–Kier alpha value is -3.66. The molecule has 4 heteroatoms. The van der Waals surface area contributed by atoms with Gasteiger partial charge in [-0.15, -0.1) is 0 Å². The number of ketones is 4. The van der Waals surface area contributed by atoms with Gasteiger partial charge in [-0.05, 0) is 38.5 Å². The van der Waals surface area contributed by atoms with Crippen molar-refractivity contribution >= 4 is 23.1 Å². The average Bonchev–Trinajstić information content (AvgIpc) is 3.07. The maximum atomic E-state index is 12.5. The lowest BCUT2D eigenvalue weighted by Crippen LogP contribution is -2.00. The van der Waals surface area contributed by atoms with E-state index in [4.69, 9.17) is 0 Å². The highest BCUT2D eigenvalue weighted by molar-refractivity contribution is 6.40. The molecule has 2 aliphatic carbocycles. The highest BCUT2D eigenvalue weighted by Crippen LogP contribution is 2.28. The van der Waals surface area contributed by atoms with Crippen LogP contribution in [0.1, 0.15) is 59.0 Å². The third kappa shape index (κ3) is 3.13. The van der Waals surface area contributed by atoms with Crippen molar-refractivity contribution in [3.8, 4) is 0 Å². The predicted molar refractivity (Wildman–Crippen MR) is 110 cm³/mol. The monoisotopic (exact) mass is 382 g/mol. The standard InChI is InChI=1S/C25H18O4/c1-14-8-10-16-20(12-14)24(28)18(22(16)26)6-4-3-5-7-19-23(27)17-11-9-15(2)13-21(17)25(19)29/h3-4,6-13H,5H2,1-2H3. The predicted octanol–water partition coefficient (Wildman–Crippen LogP) is 4.56. The SMILES string of the molecule is Cc1ccc2c(c1)C(=O)C(=CC=CCC=C1C(=O)c3ccc(C)cc3C1=O)C2=O. The summed E-state index contributed by atoms with van der Waals surface area (Å²) in [4.78, 5) is 49.7. The lowest BCUT2D eigenvalue weighted by atomic mass is 10.1. The molecule has 0 aliphatic heterocycles. The summed E-state index contributed by atoms with van der Waals surface area (Å²) in [7, 11) is 0. The van der Waals surface area contributed by atoms with Gasteiger partial charge in [-0.3, -0.25) is 19.2 Å². The molecule has 4 rings (SSSR count). The van der Waals surface area contributed by atoms with E-state index >= 15 is 0 Å². The molecule has 2 aromatic carbocycles. The molecule has 0 saturated carbocycles. The Bertz CT molecular complexity index is 1210. The highest BCUT2D eigenvalue weighted by atomic mass is 16.2. The molecular weight excluding hydrogens is 364 g/mol. The number of aryl methyl sites for hydroxylation is 2. The molecule has 0 N–H and O–H groups in total. The Kier molecular flexibility index (Phi) is 4.55. The fourth-order valence-corrected chi connectivity index (χ4v) is 3.64. The molecule has 0 heterocycles. The first-order chi connectivity index (χ1) is 13.9. The van der Waals surface area contributed by atoms with Crippen LogP contribution in [-0.4, -0.2) is 23.1 Å². The van der Waals surface area contributed by atoms with E-state index in [0.29, 0.717) is 28.7 Å². The van der Waals surface area contributed by atoms with Crippen LogP contribution in [-0.2, 0) is 0 Å². The summed E-state index contributed by atoms with van der Waals surface area (Å²) in [6.07, 6.45) is 6.75. The number of benzene rings is 2. The van der Waals surface area contributed by atoms with Gasteiger partial charge >= 0.3 is 0 Å². The zero-order valence-corrected chi connectivity index (χ0v) is 16.1. The number of hydrogen-bond acceptors (Lipinski definition) is 4. The van der Waals surface area contributed by atoms with Crippen molar-refractivity contribution in [3.63, 3.8) is 0 Å². The first-order valence-electron chi connectivity index (χ1n) is 9.35. The molecule has 29 heavy (non-hydrogen) atoms. The largest absolute Gasteiger partial charge is 0.288 e. The number of hydrogen-bond donors (Lipinski definition) is 0. The third-order valence-electron chi connectivity index (χ3n) is 5.16. The molecule has 0 fully saturated rings. The molecule has 0 amide bonds. The van der Waals surface area contributed by atoms with Crippen molar-refractivity contribution in [3.05, 3.63) is 105 Å². The summed E-state index contributed by atoms with van der Waals surface area (Å²) in [5.41, 5.74) is 3.90. The van der Waals surface area contributed by atoms with Gasteiger partial charge in [-0.2, -0.15) is 0 Å². The molecule has 0 bridgehead atoms. The molecule has 0 radical (unpaired) electrons. The average molecular weight is 382 g/mol. The number of fused-ring (bicyclic) bond motifs is 2. The molecule has 2 aromatic rings. The Morgan fingerprint density at radius 3 is 1.72 bits per heavy atom. The molecule has 0 aromatic heterocycles. The van der Waals surface area contributed by atoms with Crippen molar-refractivity contribution in [2.75, 3.05) is 0 Å². The fraction of sp³-hybridized carbons (Fsp3) is 0.120. The van der Waals surface area contributed by atoms with Crippen LogP contribution in [0.15, 0.2) is 71.8 Å². The third-order valence-corrected chi connectivity index (χ3v) is 5.16. The van der Waals surface area contributed by atoms with Crippen LogP contribution in [0.3, 0.4) is 0 Å². The number of Topliss-reactive ketones (excluding diaryl/α,β-unsaturated/α-hetero) is 4. The van der Waals surface area contributed by atoms with Gasteiger partial charge in [0.05, 0.1) is 11.1 Å². The van der Waals surface area contributed by atoms with Crippen LogP contribution >= 0.6 is 0 Å². The summed E-state index contributed by atoms with van der Waals surface area (Å²) in [6, 6.07) is 10.4. The lowest BCUT2D eigenvalue weighted by molar-refractivity contribution is 0.0973. The summed E-state index contributed by atoms with van der Waals surface area (Å²) in [5.74, 6) is -1.07. The second kappa shape index (κ2) is 7.06. The second-order valence-corrected chi connectivity index (χ2v) is 7.28. The van der Waals surface area contributed by atoms with Crippen molar-refractivity contribution < 1.29 is 19.2 Å². The summed E-state index contributed by atoms with van der Waals surface area (Å²) in [6.45, 7) is 3.75. The number of carbonyl (C=O) groups excluding carboxylic acids is 4. The van der Waals surface area contributed by atoms with Crippen molar-refractivity contribution in [2.24, 2.45) is 0 Å². The van der Waals surface area contributed by atoms with Crippen LogP contribution in [0.4, 0.5) is 0 Å². The first-order valence-corrected chi connectivity index (χ1v) is 9.35. The highest BCUT2D eigenvalue weighted by Gasteiger charge is 2.33. The minimum absolute atomic E-state index is 0.130. The van der Waals surface area contributed by atoms with Crippen LogP contribution in [0.2, 0.25) is 0 Å². The van der Waals surface area contributed by atoms with Crippen molar-refractivity contribution in [1.82, 2.24) is 0 Å². The van der Waals surface area contributed by atoms with Gasteiger partial charge in [0, 0.05) is 22.3 Å². The minimum Gasteiger partial charge on any atom is -0.288 e. The fourth-order valence-electron chi connectivity index (χ4n) is 3.64. The molecule has 2 aliphatic rings. The van der Waals surface area contributed by atoms with E-state index in [1.165, 1.54) is 6.08 Å². The molecule has 0 atom stereocenters. The van der Waals surface area contributed by atoms with Gasteiger partial charge in [-0.1, -0.05) is 53.6 Å². The van der Waals surface area contributed by atoms with Crippen LogP contribution in [0.25, 0.3) is 0 Å². The Morgan fingerprint density at radius 1 is 0.655 bits per heavy atom. The molecule has 4 nitrogen and oxygen atoms in total. The number of rotatable bonds is 3. The van der Waals surface area contributed by atoms with Crippen LogP contribution < -0.4 is 0 Å². The van der Waals surface area contributed by atoms with E-state index in [0.717, 1.165) is 11.1 Å². The first kappa shape index (κ1) is 18.7.